The molecule has 0 bridgehead atoms. The second-order valence-electron chi connectivity index (χ2n) is 7.91. The summed E-state index contributed by atoms with van der Waals surface area (Å²) in [5.41, 5.74) is 4.04. The van der Waals surface area contributed by atoms with Crippen LogP contribution in [0.4, 0.5) is 0 Å². The predicted molar refractivity (Wildman–Crippen MR) is 131 cm³/mol. The van der Waals surface area contributed by atoms with Crippen molar-refractivity contribution in [1.29, 1.82) is 0 Å². The molecule has 0 aliphatic heterocycles. The third-order valence-electron chi connectivity index (χ3n) is 5.30. The number of rotatable bonds is 10. The number of carbonyl (C=O) groups is 1. The monoisotopic (exact) mass is 452 g/mol. The number of carbonyl (C=O) groups excluding carboxylic acids is 1. The molecule has 3 aromatic rings. The molecular weight excluding hydrogens is 420 g/mol. The van der Waals surface area contributed by atoms with E-state index in [1.807, 2.05) is 63.2 Å². The van der Waals surface area contributed by atoms with Crippen LogP contribution in [0.3, 0.4) is 0 Å². The number of likely N-dealkylation sites (N-methyl/N-ethyl adjacent to an activating group) is 1. The van der Waals surface area contributed by atoms with Crippen LogP contribution >= 0.6 is 0 Å². The minimum absolute atomic E-state index is 0.140. The average molecular weight is 453 g/mol. The maximum absolute atomic E-state index is 12.4. The summed E-state index contributed by atoms with van der Waals surface area (Å²) in [5.74, 6) is 1.95. The van der Waals surface area contributed by atoms with Gasteiger partial charge >= 0.3 is 0 Å². The summed E-state index contributed by atoms with van der Waals surface area (Å²) in [7, 11) is 7.20. The van der Waals surface area contributed by atoms with Crippen LogP contribution in [0.1, 0.15) is 19.4 Å². The third kappa shape index (κ3) is 5.68. The summed E-state index contributed by atoms with van der Waals surface area (Å²) in [6.45, 7) is 5.68. The Bertz CT molecular complexity index is 1150. The summed E-state index contributed by atoms with van der Waals surface area (Å²) in [4.78, 5) is 14.5. The number of methoxy groups -OCH3 is 2. The first-order chi connectivity index (χ1) is 15.9. The first-order valence-corrected chi connectivity index (χ1v) is 10.9. The van der Waals surface area contributed by atoms with Crippen LogP contribution in [-0.2, 0) is 4.79 Å². The SMILES string of the molecule is CCOc1cc2occ(-c3cc(OC)ccc3OC)c2cc1/C(C)=C/C(=O)NCCN(C)C. The third-order valence-corrected chi connectivity index (χ3v) is 5.30. The van der Waals surface area contributed by atoms with Crippen molar-refractivity contribution in [2.75, 3.05) is 48.0 Å². The molecule has 0 spiro atoms. The van der Waals surface area contributed by atoms with Crippen molar-refractivity contribution >= 4 is 22.4 Å². The Hall–Kier alpha value is -3.45. The summed E-state index contributed by atoms with van der Waals surface area (Å²) >= 11 is 0. The Balaban J connectivity index is 2.06. The second kappa shape index (κ2) is 10.9. The van der Waals surface area contributed by atoms with Crippen LogP contribution in [0.5, 0.6) is 17.2 Å². The van der Waals surface area contributed by atoms with Crippen LogP contribution in [0.2, 0.25) is 0 Å². The zero-order valence-electron chi connectivity index (χ0n) is 20.2. The van der Waals surface area contributed by atoms with Gasteiger partial charge in [-0.2, -0.15) is 0 Å². The zero-order chi connectivity index (χ0) is 24.0. The Morgan fingerprint density at radius 1 is 1.09 bits per heavy atom. The van der Waals surface area contributed by atoms with E-state index in [-0.39, 0.29) is 5.91 Å². The Morgan fingerprint density at radius 2 is 1.88 bits per heavy atom. The van der Waals surface area contributed by atoms with Gasteiger partial charge in [0.15, 0.2) is 0 Å². The number of ether oxygens (including phenoxy) is 3. The molecule has 7 heteroatoms. The second-order valence-corrected chi connectivity index (χ2v) is 7.91. The molecule has 0 radical (unpaired) electrons. The number of fused-ring (bicyclic) bond motifs is 1. The van der Waals surface area contributed by atoms with Crippen molar-refractivity contribution in [1.82, 2.24) is 10.2 Å². The molecule has 0 aliphatic rings. The van der Waals surface area contributed by atoms with Crippen LogP contribution in [0, 0.1) is 0 Å². The van der Waals surface area contributed by atoms with Gasteiger partial charge in [0.2, 0.25) is 5.91 Å². The molecule has 0 saturated heterocycles. The molecule has 0 fully saturated rings. The molecule has 0 unspecified atom stereocenters. The molecule has 33 heavy (non-hydrogen) atoms. The maximum atomic E-state index is 12.4. The molecule has 3 rings (SSSR count). The molecule has 2 aromatic carbocycles. The number of hydrogen-bond acceptors (Lipinski definition) is 6. The fourth-order valence-electron chi connectivity index (χ4n) is 3.60. The highest BCUT2D eigenvalue weighted by atomic mass is 16.5. The van der Waals surface area contributed by atoms with Crippen molar-refractivity contribution in [3.8, 4) is 28.4 Å². The van der Waals surface area contributed by atoms with E-state index in [1.54, 1.807) is 26.6 Å². The summed E-state index contributed by atoms with van der Waals surface area (Å²) in [6.07, 6.45) is 3.31. The number of amides is 1. The standard InChI is InChI=1S/C26H32N2O5/c1-7-32-24-15-25-21(14-19(24)17(2)12-26(29)27-10-11-28(3)4)22(16-33-25)20-13-18(30-5)8-9-23(20)31-6/h8-9,12-16H,7,10-11H2,1-6H3,(H,27,29)/b17-12+. The van der Waals surface area contributed by atoms with E-state index >= 15 is 0 Å². The van der Waals surface area contributed by atoms with Crippen molar-refractivity contribution in [3.63, 3.8) is 0 Å². The van der Waals surface area contributed by atoms with E-state index < -0.39 is 0 Å². The van der Waals surface area contributed by atoms with Gasteiger partial charge in [-0.3, -0.25) is 4.79 Å². The number of nitrogens with one attached hydrogen (secondary N) is 1. The number of furan rings is 1. The first kappa shape index (κ1) is 24.2. The lowest BCUT2D eigenvalue weighted by molar-refractivity contribution is -0.116. The molecule has 1 aromatic heterocycles. The first-order valence-electron chi connectivity index (χ1n) is 10.9. The van der Waals surface area contributed by atoms with E-state index in [4.69, 9.17) is 18.6 Å². The van der Waals surface area contributed by atoms with Crippen molar-refractivity contribution in [3.05, 3.63) is 48.2 Å². The van der Waals surface area contributed by atoms with Gasteiger partial charge in [0.05, 0.1) is 27.1 Å². The Labute approximate surface area is 194 Å². The smallest absolute Gasteiger partial charge is 0.244 e. The Morgan fingerprint density at radius 3 is 2.55 bits per heavy atom. The predicted octanol–water partition coefficient (Wildman–Crippen LogP) is 4.60. The molecular formula is C26H32N2O5. The molecule has 0 aliphatic carbocycles. The van der Waals surface area contributed by atoms with E-state index in [2.05, 4.69) is 5.32 Å². The molecule has 0 atom stereocenters. The van der Waals surface area contributed by atoms with Gasteiger partial charge in [-0.1, -0.05) is 0 Å². The van der Waals surface area contributed by atoms with Gasteiger partial charge in [-0.25, -0.2) is 0 Å². The van der Waals surface area contributed by atoms with Crippen LogP contribution in [-0.4, -0.2) is 58.8 Å². The summed E-state index contributed by atoms with van der Waals surface area (Å²) in [5, 5.41) is 3.81. The lowest BCUT2D eigenvalue weighted by Gasteiger charge is -2.13. The van der Waals surface area contributed by atoms with Gasteiger partial charge < -0.3 is 28.8 Å². The van der Waals surface area contributed by atoms with Gasteiger partial charge in [0, 0.05) is 47.3 Å². The quantitative estimate of drug-likeness (QED) is 0.454. The maximum Gasteiger partial charge on any atom is 0.244 e. The van der Waals surface area contributed by atoms with Gasteiger partial charge in [-0.15, -0.1) is 0 Å². The highest BCUT2D eigenvalue weighted by Gasteiger charge is 2.18. The van der Waals surface area contributed by atoms with E-state index in [1.165, 1.54) is 0 Å². The van der Waals surface area contributed by atoms with Crippen molar-refractivity contribution < 1.29 is 23.4 Å². The normalized spacial score (nSPS) is 11.7. The van der Waals surface area contributed by atoms with Crippen LogP contribution in [0.15, 0.2) is 47.1 Å². The molecule has 1 amide bonds. The van der Waals surface area contributed by atoms with Crippen molar-refractivity contribution in [2.24, 2.45) is 0 Å². The molecule has 1 N–H and O–H groups in total. The van der Waals surface area contributed by atoms with Gasteiger partial charge in [-0.05, 0) is 57.8 Å². The zero-order valence-corrected chi connectivity index (χ0v) is 20.2. The highest BCUT2D eigenvalue weighted by Crippen LogP contribution is 2.41. The molecule has 0 saturated carbocycles. The average Bonchev–Trinajstić information content (AvgIpc) is 3.20. The fourth-order valence-corrected chi connectivity index (χ4v) is 3.60. The molecule has 7 nitrogen and oxygen atoms in total. The minimum atomic E-state index is -0.140. The number of hydrogen-bond donors (Lipinski definition) is 1. The minimum Gasteiger partial charge on any atom is -0.497 e. The highest BCUT2D eigenvalue weighted by molar-refractivity contribution is 6.01. The van der Waals surface area contributed by atoms with Crippen LogP contribution in [0.25, 0.3) is 27.7 Å². The lowest BCUT2D eigenvalue weighted by atomic mass is 9.98. The number of allylic oxidation sites excluding steroid dienone is 1. The largest absolute Gasteiger partial charge is 0.497 e. The Kier molecular flexibility index (Phi) is 8.01. The summed E-state index contributed by atoms with van der Waals surface area (Å²) < 4.78 is 22.7. The topological polar surface area (TPSA) is 73.2 Å². The number of benzene rings is 2. The summed E-state index contributed by atoms with van der Waals surface area (Å²) in [6, 6.07) is 9.50. The number of nitrogens with zero attached hydrogens (tertiary/aromatic N) is 1. The van der Waals surface area contributed by atoms with E-state index in [9.17, 15) is 4.79 Å². The fraction of sp³-hybridized carbons (Fsp3) is 0.346. The van der Waals surface area contributed by atoms with Crippen LogP contribution < -0.4 is 19.5 Å². The molecule has 1 heterocycles. The molecule has 176 valence electrons. The van der Waals surface area contributed by atoms with E-state index in [0.717, 1.165) is 39.9 Å². The van der Waals surface area contributed by atoms with E-state index in [0.29, 0.717) is 30.2 Å². The lowest BCUT2D eigenvalue weighted by Crippen LogP contribution is -2.30. The van der Waals surface area contributed by atoms with Crippen molar-refractivity contribution in [2.45, 2.75) is 13.8 Å². The van der Waals surface area contributed by atoms with Gasteiger partial charge in [0.1, 0.15) is 22.8 Å². The van der Waals surface area contributed by atoms with Gasteiger partial charge in [0.25, 0.3) is 0 Å².